The fourth-order valence-corrected chi connectivity index (χ4v) is 3.86. The molecule has 2 aliphatic rings. The van der Waals surface area contributed by atoms with Gasteiger partial charge < -0.3 is 4.90 Å². The van der Waals surface area contributed by atoms with E-state index in [0.29, 0.717) is 6.54 Å². The maximum atomic E-state index is 13.7. The zero-order valence-corrected chi connectivity index (χ0v) is 14.1. The molecule has 23 heavy (non-hydrogen) atoms. The third-order valence-electron chi connectivity index (χ3n) is 5.15. The summed E-state index contributed by atoms with van der Waals surface area (Å²) < 4.78 is 13.7. The second-order valence-corrected chi connectivity index (χ2v) is 6.85. The van der Waals surface area contributed by atoms with Gasteiger partial charge in [-0.3, -0.25) is 9.69 Å². The number of hydrogen-bond acceptors (Lipinski definition) is 2. The third kappa shape index (κ3) is 3.74. The number of nitrogens with zero attached hydrogens (tertiary/aromatic N) is 2. The lowest BCUT2D eigenvalue weighted by molar-refractivity contribution is -0.140. The number of carbonyl (C=O) groups excluding carboxylic acids is 1. The Bertz CT molecular complexity index is 560. The molecule has 0 radical (unpaired) electrons. The molecule has 0 bridgehead atoms. The van der Waals surface area contributed by atoms with Crippen LogP contribution in [0.3, 0.4) is 0 Å². The van der Waals surface area contributed by atoms with E-state index >= 15 is 0 Å². The van der Waals surface area contributed by atoms with Crippen LogP contribution in [0.1, 0.15) is 56.2 Å². The Hall–Kier alpha value is -1.42. The highest BCUT2D eigenvalue weighted by Crippen LogP contribution is 2.33. The summed E-state index contributed by atoms with van der Waals surface area (Å²) in [6, 6.07) is 5.08. The number of benzene rings is 1. The Morgan fingerprint density at radius 1 is 1.22 bits per heavy atom. The van der Waals surface area contributed by atoms with Crippen molar-refractivity contribution in [3.8, 4) is 0 Å². The Morgan fingerprint density at radius 3 is 2.87 bits per heavy atom. The van der Waals surface area contributed by atoms with Crippen LogP contribution in [0.2, 0.25) is 0 Å². The molecule has 1 amide bonds. The molecule has 1 atom stereocenters. The van der Waals surface area contributed by atoms with E-state index < -0.39 is 0 Å². The number of unbranched alkanes of at least 4 members (excludes halogenated alkanes) is 4. The van der Waals surface area contributed by atoms with Gasteiger partial charge in [0.2, 0.25) is 5.91 Å². The standard InChI is InChI=1S/C19H27FN2O/c1-2-3-4-5-6-10-21-13-18-17-12-16(20)8-7-15(17)9-11-22(18)19(23)14-21/h7-8,12,18H,2-6,9-11,13-14H2,1H3. The number of halogens is 1. The minimum Gasteiger partial charge on any atom is -0.333 e. The van der Waals surface area contributed by atoms with Gasteiger partial charge in [-0.05, 0) is 42.6 Å². The average Bonchev–Trinajstić information content (AvgIpc) is 2.54. The van der Waals surface area contributed by atoms with Crippen LogP contribution in [-0.2, 0) is 11.2 Å². The molecule has 1 aromatic carbocycles. The van der Waals surface area contributed by atoms with E-state index in [0.717, 1.165) is 38.0 Å². The Labute approximate surface area is 138 Å². The second-order valence-electron chi connectivity index (χ2n) is 6.85. The summed E-state index contributed by atoms with van der Waals surface area (Å²) in [6.07, 6.45) is 7.05. The molecule has 4 heteroatoms. The first-order valence-electron chi connectivity index (χ1n) is 8.99. The predicted molar refractivity (Wildman–Crippen MR) is 89.8 cm³/mol. The molecule has 2 heterocycles. The number of carbonyl (C=O) groups is 1. The lowest BCUT2D eigenvalue weighted by atomic mass is 9.90. The van der Waals surface area contributed by atoms with Crippen molar-refractivity contribution in [3.63, 3.8) is 0 Å². The Kier molecular flexibility index (Phi) is 5.31. The molecule has 0 saturated carbocycles. The van der Waals surface area contributed by atoms with Gasteiger partial charge in [0.15, 0.2) is 0 Å². The largest absolute Gasteiger partial charge is 0.333 e. The Morgan fingerprint density at radius 2 is 2.04 bits per heavy atom. The maximum absolute atomic E-state index is 13.7. The van der Waals surface area contributed by atoms with Gasteiger partial charge in [-0.1, -0.05) is 38.7 Å². The number of hydrogen-bond donors (Lipinski definition) is 0. The zero-order chi connectivity index (χ0) is 16.2. The molecule has 0 aliphatic carbocycles. The number of piperazine rings is 1. The van der Waals surface area contributed by atoms with Crippen molar-refractivity contribution in [2.24, 2.45) is 0 Å². The number of amides is 1. The van der Waals surface area contributed by atoms with Crippen molar-refractivity contribution in [1.82, 2.24) is 9.80 Å². The van der Waals surface area contributed by atoms with Crippen LogP contribution < -0.4 is 0 Å². The first-order chi connectivity index (χ1) is 11.2. The molecular weight excluding hydrogens is 291 g/mol. The first kappa shape index (κ1) is 16.4. The van der Waals surface area contributed by atoms with Gasteiger partial charge in [0.1, 0.15) is 5.82 Å². The average molecular weight is 318 g/mol. The van der Waals surface area contributed by atoms with Crippen LogP contribution in [0.4, 0.5) is 4.39 Å². The molecule has 126 valence electrons. The van der Waals surface area contributed by atoms with Gasteiger partial charge in [-0.2, -0.15) is 0 Å². The van der Waals surface area contributed by atoms with Crippen molar-refractivity contribution >= 4 is 5.91 Å². The summed E-state index contributed by atoms with van der Waals surface area (Å²) in [5, 5.41) is 0. The van der Waals surface area contributed by atoms with Crippen LogP contribution in [0.25, 0.3) is 0 Å². The van der Waals surface area contributed by atoms with E-state index in [1.54, 1.807) is 6.07 Å². The van der Waals surface area contributed by atoms with Crippen LogP contribution in [0.5, 0.6) is 0 Å². The summed E-state index contributed by atoms with van der Waals surface area (Å²) in [6.45, 7) is 5.33. The first-order valence-corrected chi connectivity index (χ1v) is 8.99. The van der Waals surface area contributed by atoms with E-state index in [4.69, 9.17) is 0 Å². The SMILES string of the molecule is CCCCCCCN1CC(=O)N2CCc3ccc(F)cc3C2C1. The number of rotatable bonds is 6. The molecule has 1 saturated heterocycles. The highest BCUT2D eigenvalue weighted by Gasteiger charge is 2.36. The molecule has 1 fully saturated rings. The fraction of sp³-hybridized carbons (Fsp3) is 0.632. The van der Waals surface area contributed by atoms with E-state index in [1.165, 1.54) is 37.3 Å². The van der Waals surface area contributed by atoms with Crippen molar-refractivity contribution < 1.29 is 9.18 Å². The summed E-state index contributed by atoms with van der Waals surface area (Å²) in [7, 11) is 0. The fourth-order valence-electron chi connectivity index (χ4n) is 3.86. The Balaban J connectivity index is 1.65. The smallest absolute Gasteiger partial charge is 0.237 e. The lowest BCUT2D eigenvalue weighted by Gasteiger charge is -2.44. The molecule has 1 unspecified atom stereocenters. The van der Waals surface area contributed by atoms with Crippen molar-refractivity contribution in [2.45, 2.75) is 51.5 Å². The second kappa shape index (κ2) is 7.43. The predicted octanol–water partition coefficient (Wildman–Crippen LogP) is 3.54. The van der Waals surface area contributed by atoms with Crippen molar-refractivity contribution in [3.05, 3.63) is 35.1 Å². The summed E-state index contributed by atoms with van der Waals surface area (Å²) in [5.41, 5.74) is 2.21. The third-order valence-corrected chi connectivity index (χ3v) is 5.15. The van der Waals surface area contributed by atoms with Gasteiger partial charge >= 0.3 is 0 Å². The van der Waals surface area contributed by atoms with E-state index in [2.05, 4.69) is 11.8 Å². The van der Waals surface area contributed by atoms with E-state index in [-0.39, 0.29) is 17.8 Å². The van der Waals surface area contributed by atoms with Gasteiger partial charge in [0.05, 0.1) is 12.6 Å². The van der Waals surface area contributed by atoms with Crippen LogP contribution in [0, 0.1) is 5.82 Å². The highest BCUT2D eigenvalue weighted by atomic mass is 19.1. The zero-order valence-electron chi connectivity index (χ0n) is 14.1. The molecule has 0 aromatic heterocycles. The van der Waals surface area contributed by atoms with Crippen LogP contribution in [-0.4, -0.2) is 41.9 Å². The topological polar surface area (TPSA) is 23.6 Å². The summed E-state index contributed by atoms with van der Waals surface area (Å²) >= 11 is 0. The normalized spacial score (nSPS) is 21.2. The molecule has 0 spiro atoms. The van der Waals surface area contributed by atoms with E-state index in [1.807, 2.05) is 11.0 Å². The quantitative estimate of drug-likeness (QED) is 0.749. The number of fused-ring (bicyclic) bond motifs is 3. The minimum atomic E-state index is -0.199. The van der Waals surface area contributed by atoms with E-state index in [9.17, 15) is 9.18 Å². The van der Waals surface area contributed by atoms with Crippen LogP contribution >= 0.6 is 0 Å². The van der Waals surface area contributed by atoms with Gasteiger partial charge in [0, 0.05) is 13.1 Å². The molecule has 1 aromatic rings. The van der Waals surface area contributed by atoms with Gasteiger partial charge in [-0.15, -0.1) is 0 Å². The molecule has 2 aliphatic heterocycles. The highest BCUT2D eigenvalue weighted by molar-refractivity contribution is 5.80. The minimum absolute atomic E-state index is 0.0336. The molecule has 3 nitrogen and oxygen atoms in total. The lowest BCUT2D eigenvalue weighted by Crippen LogP contribution is -2.54. The van der Waals surface area contributed by atoms with Crippen molar-refractivity contribution in [1.29, 1.82) is 0 Å². The molecule has 0 N–H and O–H groups in total. The summed E-state index contributed by atoms with van der Waals surface area (Å²) in [4.78, 5) is 16.7. The monoisotopic (exact) mass is 318 g/mol. The molecular formula is C19H27FN2O. The van der Waals surface area contributed by atoms with Gasteiger partial charge in [-0.25, -0.2) is 4.39 Å². The maximum Gasteiger partial charge on any atom is 0.237 e. The van der Waals surface area contributed by atoms with Gasteiger partial charge in [0.25, 0.3) is 0 Å². The van der Waals surface area contributed by atoms with Crippen molar-refractivity contribution in [2.75, 3.05) is 26.2 Å². The van der Waals surface area contributed by atoms with Crippen LogP contribution in [0.15, 0.2) is 18.2 Å². The molecule has 3 rings (SSSR count). The summed E-state index contributed by atoms with van der Waals surface area (Å²) in [5.74, 6) is -0.000502.